The van der Waals surface area contributed by atoms with Gasteiger partial charge in [0.05, 0.1) is 11.3 Å². The van der Waals surface area contributed by atoms with E-state index in [-0.39, 0.29) is 18.5 Å². The summed E-state index contributed by atoms with van der Waals surface area (Å²) in [5.74, 6) is 0.353. The average molecular weight is 367 g/mol. The van der Waals surface area contributed by atoms with E-state index in [1.54, 1.807) is 19.1 Å². The second-order valence-electron chi connectivity index (χ2n) is 5.86. The van der Waals surface area contributed by atoms with Crippen molar-refractivity contribution >= 4 is 11.7 Å². The summed E-state index contributed by atoms with van der Waals surface area (Å²) in [4.78, 5) is 26.7. The SMILES string of the molecule is C[C@H](OC(=O)CCc1nc(-c2ccccc2)no1)c1cccc([N+](=O)[O-])c1. The molecule has 3 rings (SSSR count). The van der Waals surface area contributed by atoms with Crippen LogP contribution in [0.25, 0.3) is 11.4 Å². The van der Waals surface area contributed by atoms with Crippen molar-refractivity contribution in [2.45, 2.75) is 25.9 Å². The van der Waals surface area contributed by atoms with E-state index in [1.807, 2.05) is 30.3 Å². The van der Waals surface area contributed by atoms with E-state index < -0.39 is 17.0 Å². The Hall–Kier alpha value is -3.55. The van der Waals surface area contributed by atoms with Crippen molar-refractivity contribution in [2.24, 2.45) is 0 Å². The summed E-state index contributed by atoms with van der Waals surface area (Å²) in [6.45, 7) is 1.66. The van der Waals surface area contributed by atoms with Crippen LogP contribution in [0.2, 0.25) is 0 Å². The molecule has 0 saturated carbocycles. The summed E-state index contributed by atoms with van der Waals surface area (Å²) < 4.78 is 10.5. The highest BCUT2D eigenvalue weighted by Gasteiger charge is 2.16. The lowest BCUT2D eigenvalue weighted by Crippen LogP contribution is -2.10. The molecule has 0 aliphatic carbocycles. The van der Waals surface area contributed by atoms with Crippen molar-refractivity contribution in [1.82, 2.24) is 10.1 Å². The van der Waals surface area contributed by atoms with Gasteiger partial charge in [0.2, 0.25) is 11.7 Å². The number of nitrogens with zero attached hydrogens (tertiary/aromatic N) is 3. The second-order valence-corrected chi connectivity index (χ2v) is 5.86. The molecule has 3 aromatic rings. The Bertz CT molecular complexity index is 939. The number of aromatic nitrogens is 2. The lowest BCUT2D eigenvalue weighted by molar-refractivity contribution is -0.385. The van der Waals surface area contributed by atoms with Crippen LogP contribution < -0.4 is 0 Å². The highest BCUT2D eigenvalue weighted by atomic mass is 16.6. The van der Waals surface area contributed by atoms with Gasteiger partial charge in [0.1, 0.15) is 6.10 Å². The summed E-state index contributed by atoms with van der Waals surface area (Å²) in [5.41, 5.74) is 1.34. The molecule has 0 unspecified atom stereocenters. The zero-order chi connectivity index (χ0) is 19.2. The molecule has 0 saturated heterocycles. The van der Waals surface area contributed by atoms with Gasteiger partial charge in [0.15, 0.2) is 0 Å². The van der Waals surface area contributed by atoms with Crippen LogP contribution in [0.3, 0.4) is 0 Å². The Balaban J connectivity index is 1.55. The van der Waals surface area contributed by atoms with E-state index >= 15 is 0 Å². The number of aryl methyl sites for hydroxylation is 1. The fourth-order valence-electron chi connectivity index (χ4n) is 2.49. The molecule has 0 aliphatic rings. The van der Waals surface area contributed by atoms with Crippen LogP contribution in [0.15, 0.2) is 59.1 Å². The minimum atomic E-state index is -0.597. The molecule has 0 amide bonds. The van der Waals surface area contributed by atoms with E-state index in [9.17, 15) is 14.9 Å². The largest absolute Gasteiger partial charge is 0.458 e. The van der Waals surface area contributed by atoms with Crippen molar-refractivity contribution in [1.29, 1.82) is 0 Å². The van der Waals surface area contributed by atoms with Crippen LogP contribution >= 0.6 is 0 Å². The number of carbonyl (C=O) groups is 1. The third-order valence-corrected chi connectivity index (χ3v) is 3.90. The summed E-state index contributed by atoms with van der Waals surface area (Å²) in [6.07, 6.45) is -0.282. The number of hydrogen-bond donors (Lipinski definition) is 0. The Labute approximate surface area is 154 Å². The van der Waals surface area contributed by atoms with E-state index in [0.29, 0.717) is 17.3 Å². The molecule has 0 aliphatic heterocycles. The highest BCUT2D eigenvalue weighted by molar-refractivity contribution is 5.70. The smallest absolute Gasteiger partial charge is 0.306 e. The van der Waals surface area contributed by atoms with Gasteiger partial charge in [-0.2, -0.15) is 4.98 Å². The first-order valence-corrected chi connectivity index (χ1v) is 8.35. The standard InChI is InChI=1S/C19H17N3O5/c1-13(15-8-5-9-16(12-15)22(24)25)26-18(23)11-10-17-20-19(21-27-17)14-6-3-2-4-7-14/h2-9,12-13H,10-11H2,1H3/t13-/m0/s1. The van der Waals surface area contributed by atoms with E-state index in [1.165, 1.54) is 12.1 Å². The third kappa shape index (κ3) is 4.75. The van der Waals surface area contributed by atoms with Gasteiger partial charge in [0, 0.05) is 24.1 Å². The molecule has 27 heavy (non-hydrogen) atoms. The Kier molecular flexibility index (Phi) is 5.55. The molecule has 0 spiro atoms. The molecule has 138 valence electrons. The average Bonchev–Trinajstić information content (AvgIpc) is 3.16. The fourth-order valence-corrected chi connectivity index (χ4v) is 2.49. The maximum atomic E-state index is 12.0. The number of esters is 1. The van der Waals surface area contributed by atoms with Crippen molar-refractivity contribution in [3.63, 3.8) is 0 Å². The van der Waals surface area contributed by atoms with E-state index in [4.69, 9.17) is 9.26 Å². The van der Waals surface area contributed by atoms with Crippen LogP contribution in [-0.2, 0) is 16.0 Å². The maximum absolute atomic E-state index is 12.0. The van der Waals surface area contributed by atoms with Gasteiger partial charge in [-0.05, 0) is 12.5 Å². The Morgan fingerprint density at radius 2 is 2.00 bits per heavy atom. The number of benzene rings is 2. The molecule has 0 fully saturated rings. The highest BCUT2D eigenvalue weighted by Crippen LogP contribution is 2.22. The van der Waals surface area contributed by atoms with Crippen molar-refractivity contribution in [2.75, 3.05) is 0 Å². The Morgan fingerprint density at radius 1 is 1.22 bits per heavy atom. The third-order valence-electron chi connectivity index (χ3n) is 3.90. The molecular formula is C19H17N3O5. The van der Waals surface area contributed by atoms with Gasteiger partial charge >= 0.3 is 5.97 Å². The number of non-ortho nitro benzene ring substituents is 1. The normalized spacial score (nSPS) is 11.7. The van der Waals surface area contributed by atoms with Gasteiger partial charge < -0.3 is 9.26 Å². The molecule has 8 nitrogen and oxygen atoms in total. The predicted octanol–water partition coefficient (Wildman–Crippen LogP) is 3.88. The first kappa shape index (κ1) is 18.2. The van der Waals surface area contributed by atoms with Crippen LogP contribution in [0, 0.1) is 10.1 Å². The summed E-state index contributed by atoms with van der Waals surface area (Å²) >= 11 is 0. The maximum Gasteiger partial charge on any atom is 0.306 e. The number of carbonyl (C=O) groups excluding carboxylic acids is 1. The quantitative estimate of drug-likeness (QED) is 0.354. The molecular weight excluding hydrogens is 350 g/mol. The molecule has 0 radical (unpaired) electrons. The number of rotatable bonds is 7. The van der Waals surface area contributed by atoms with Gasteiger partial charge in [-0.3, -0.25) is 14.9 Å². The van der Waals surface area contributed by atoms with Crippen LogP contribution in [-0.4, -0.2) is 21.0 Å². The van der Waals surface area contributed by atoms with Gasteiger partial charge in [-0.25, -0.2) is 0 Å². The van der Waals surface area contributed by atoms with Gasteiger partial charge in [-0.1, -0.05) is 47.6 Å². The van der Waals surface area contributed by atoms with Gasteiger partial charge in [-0.15, -0.1) is 0 Å². The topological polar surface area (TPSA) is 108 Å². The summed E-state index contributed by atoms with van der Waals surface area (Å²) in [5, 5.41) is 14.7. The van der Waals surface area contributed by atoms with Crippen LogP contribution in [0.4, 0.5) is 5.69 Å². The number of nitro benzene ring substituents is 1. The van der Waals surface area contributed by atoms with Gasteiger partial charge in [0.25, 0.3) is 5.69 Å². The Morgan fingerprint density at radius 3 is 2.74 bits per heavy atom. The molecule has 0 bridgehead atoms. The van der Waals surface area contributed by atoms with E-state index in [2.05, 4.69) is 10.1 Å². The summed E-state index contributed by atoms with van der Waals surface area (Å²) in [7, 11) is 0. The van der Waals surface area contributed by atoms with Crippen LogP contribution in [0.5, 0.6) is 0 Å². The second kappa shape index (κ2) is 8.22. The molecule has 1 heterocycles. The molecule has 1 atom stereocenters. The lowest BCUT2D eigenvalue weighted by Gasteiger charge is -2.13. The first-order chi connectivity index (χ1) is 13.0. The van der Waals surface area contributed by atoms with Crippen molar-refractivity contribution < 1.29 is 19.0 Å². The fraction of sp³-hybridized carbons (Fsp3) is 0.211. The zero-order valence-corrected chi connectivity index (χ0v) is 14.6. The predicted molar refractivity (Wildman–Crippen MR) is 95.7 cm³/mol. The summed E-state index contributed by atoms with van der Waals surface area (Å²) in [6, 6.07) is 15.4. The minimum absolute atomic E-state index is 0.0466. The van der Waals surface area contributed by atoms with Crippen molar-refractivity contribution in [3.8, 4) is 11.4 Å². The minimum Gasteiger partial charge on any atom is -0.458 e. The zero-order valence-electron chi connectivity index (χ0n) is 14.6. The number of nitro groups is 1. The number of ether oxygens (including phenoxy) is 1. The molecule has 8 heteroatoms. The van der Waals surface area contributed by atoms with E-state index in [0.717, 1.165) is 5.56 Å². The van der Waals surface area contributed by atoms with Crippen molar-refractivity contribution in [3.05, 3.63) is 76.2 Å². The first-order valence-electron chi connectivity index (χ1n) is 8.35. The molecule has 1 aromatic heterocycles. The van der Waals surface area contributed by atoms with Crippen LogP contribution in [0.1, 0.15) is 30.9 Å². The molecule has 2 aromatic carbocycles. The number of hydrogen-bond acceptors (Lipinski definition) is 7. The lowest BCUT2D eigenvalue weighted by atomic mass is 10.1. The molecule has 0 N–H and O–H groups in total. The monoisotopic (exact) mass is 367 g/mol.